The Morgan fingerprint density at radius 3 is 2.82 bits per heavy atom. The van der Waals surface area contributed by atoms with E-state index in [1.165, 1.54) is 12.8 Å². The van der Waals surface area contributed by atoms with Crippen LogP contribution in [0.5, 0.6) is 0 Å². The summed E-state index contributed by atoms with van der Waals surface area (Å²) in [7, 11) is 0. The second kappa shape index (κ2) is 6.89. The van der Waals surface area contributed by atoms with Gasteiger partial charge in [0.2, 0.25) is 0 Å². The first-order chi connectivity index (χ1) is 10.8. The van der Waals surface area contributed by atoms with E-state index in [4.69, 9.17) is 17.5 Å². The van der Waals surface area contributed by atoms with Gasteiger partial charge in [0.15, 0.2) is 5.11 Å². The number of aromatic nitrogens is 1. The monoisotopic (exact) mass is 312 g/mol. The molecule has 0 aromatic carbocycles. The molecule has 1 heterocycles. The van der Waals surface area contributed by atoms with Crippen LogP contribution in [-0.4, -0.2) is 27.6 Å². The molecule has 3 atom stereocenters. The molecule has 2 aliphatic rings. The van der Waals surface area contributed by atoms with Gasteiger partial charge in [0, 0.05) is 31.5 Å². The van der Waals surface area contributed by atoms with Crippen molar-refractivity contribution >= 4 is 17.3 Å². The lowest BCUT2D eigenvalue weighted by Crippen LogP contribution is -2.46. The molecule has 0 aliphatic heterocycles. The lowest BCUT2D eigenvalue weighted by molar-refractivity contribution is 0.396. The zero-order valence-corrected chi connectivity index (χ0v) is 13.3. The first-order valence-electron chi connectivity index (χ1n) is 7.76. The van der Waals surface area contributed by atoms with Gasteiger partial charge in [0.1, 0.15) is 0 Å². The fourth-order valence-corrected chi connectivity index (χ4v) is 3.65. The largest absolute Gasteiger partial charge is 0.359 e. The van der Waals surface area contributed by atoms with Crippen LogP contribution in [0.1, 0.15) is 24.8 Å². The molecular formula is C17H20N4S. The Hall–Kier alpha value is -1.93. The van der Waals surface area contributed by atoms with Crippen LogP contribution in [0.15, 0.2) is 36.7 Å². The maximum absolute atomic E-state index is 8.87. The van der Waals surface area contributed by atoms with Gasteiger partial charge in [-0.05, 0) is 54.6 Å². The summed E-state index contributed by atoms with van der Waals surface area (Å²) in [6, 6.07) is 6.63. The Bertz CT molecular complexity index is 592. The van der Waals surface area contributed by atoms with Gasteiger partial charge < -0.3 is 10.2 Å². The summed E-state index contributed by atoms with van der Waals surface area (Å²) in [5, 5.41) is 13.2. The normalized spacial score (nSPS) is 25.0. The lowest BCUT2D eigenvalue weighted by atomic mass is 10.0. The number of nitriles is 1. The standard InChI is InChI=1S/C17H20N4S/c18-6-1-9-21(12-13-4-7-19-8-5-13)17(22)20-16-11-14-2-3-15(16)10-14/h2-5,7-8,14-16H,1,9-12H2,(H,20,22)/t14-,15-,16-/m0/s1. The van der Waals surface area contributed by atoms with Gasteiger partial charge in [-0.3, -0.25) is 4.98 Å². The van der Waals surface area contributed by atoms with E-state index in [9.17, 15) is 0 Å². The third-order valence-corrected chi connectivity index (χ3v) is 4.87. The van der Waals surface area contributed by atoms with Crippen molar-refractivity contribution in [2.45, 2.75) is 31.8 Å². The third kappa shape index (κ3) is 3.45. The van der Waals surface area contributed by atoms with Crippen LogP contribution in [0.4, 0.5) is 0 Å². The molecule has 0 radical (unpaired) electrons. The molecule has 114 valence electrons. The highest BCUT2D eigenvalue weighted by Gasteiger charge is 2.36. The van der Waals surface area contributed by atoms with E-state index in [0.29, 0.717) is 31.5 Å². The quantitative estimate of drug-likeness (QED) is 0.669. The molecule has 2 bridgehead atoms. The van der Waals surface area contributed by atoms with Crippen LogP contribution in [0.3, 0.4) is 0 Å². The van der Waals surface area contributed by atoms with Crippen molar-refractivity contribution in [3.8, 4) is 6.07 Å². The van der Waals surface area contributed by atoms with Crippen molar-refractivity contribution in [1.29, 1.82) is 5.26 Å². The molecule has 0 saturated heterocycles. The van der Waals surface area contributed by atoms with Gasteiger partial charge in [-0.2, -0.15) is 5.26 Å². The smallest absolute Gasteiger partial charge is 0.169 e. The summed E-state index contributed by atoms with van der Waals surface area (Å²) in [5.74, 6) is 1.33. The Morgan fingerprint density at radius 1 is 1.36 bits per heavy atom. The minimum Gasteiger partial charge on any atom is -0.359 e. The van der Waals surface area contributed by atoms with Gasteiger partial charge in [0.25, 0.3) is 0 Å². The van der Waals surface area contributed by atoms with Gasteiger partial charge in [-0.1, -0.05) is 12.2 Å². The number of thiocarbonyl (C=S) groups is 1. The Morgan fingerprint density at radius 2 is 2.18 bits per heavy atom. The fraction of sp³-hybridized carbons (Fsp3) is 0.471. The zero-order chi connectivity index (χ0) is 15.4. The number of pyridine rings is 1. The Balaban J connectivity index is 1.62. The summed E-state index contributed by atoms with van der Waals surface area (Å²) in [6.07, 6.45) is 11.1. The second-order valence-corrected chi connectivity index (χ2v) is 6.41. The van der Waals surface area contributed by atoms with Crippen molar-refractivity contribution in [2.75, 3.05) is 6.54 Å². The molecule has 1 N–H and O–H groups in total. The van der Waals surface area contributed by atoms with Crippen LogP contribution < -0.4 is 5.32 Å². The van der Waals surface area contributed by atoms with Crippen LogP contribution in [-0.2, 0) is 6.54 Å². The molecule has 1 aromatic rings. The maximum atomic E-state index is 8.87. The first kappa shape index (κ1) is 15.0. The summed E-state index contributed by atoms with van der Waals surface area (Å²) in [5.41, 5.74) is 1.16. The predicted octanol–water partition coefficient (Wildman–Crippen LogP) is 2.64. The summed E-state index contributed by atoms with van der Waals surface area (Å²) >= 11 is 5.61. The third-order valence-electron chi connectivity index (χ3n) is 4.49. The van der Waals surface area contributed by atoms with E-state index < -0.39 is 0 Å². The molecule has 22 heavy (non-hydrogen) atoms. The van der Waals surface area contributed by atoms with Gasteiger partial charge in [-0.15, -0.1) is 0 Å². The van der Waals surface area contributed by atoms with E-state index in [1.54, 1.807) is 12.4 Å². The summed E-state index contributed by atoms with van der Waals surface area (Å²) in [6.45, 7) is 1.37. The number of nitrogens with one attached hydrogen (secondary N) is 1. The minimum absolute atomic E-state index is 0.449. The average molecular weight is 312 g/mol. The first-order valence-corrected chi connectivity index (χ1v) is 8.16. The van der Waals surface area contributed by atoms with Crippen molar-refractivity contribution in [3.05, 3.63) is 42.2 Å². The van der Waals surface area contributed by atoms with Crippen molar-refractivity contribution in [1.82, 2.24) is 15.2 Å². The Kier molecular flexibility index (Phi) is 4.69. The molecule has 2 aliphatic carbocycles. The minimum atomic E-state index is 0.449. The van der Waals surface area contributed by atoms with Gasteiger partial charge in [-0.25, -0.2) is 0 Å². The Labute approximate surface area is 136 Å². The van der Waals surface area contributed by atoms with E-state index in [2.05, 4.69) is 33.4 Å². The SMILES string of the molecule is N#CCCN(Cc1ccncc1)C(=S)N[C@H]1C[C@H]2C=C[C@H]1C2. The molecule has 1 saturated carbocycles. The molecule has 1 fully saturated rings. The molecule has 0 amide bonds. The van der Waals surface area contributed by atoms with Crippen molar-refractivity contribution in [2.24, 2.45) is 11.8 Å². The maximum Gasteiger partial charge on any atom is 0.169 e. The number of hydrogen-bond donors (Lipinski definition) is 1. The molecule has 0 spiro atoms. The van der Waals surface area contributed by atoms with Crippen LogP contribution >= 0.6 is 12.2 Å². The molecule has 4 nitrogen and oxygen atoms in total. The van der Waals surface area contributed by atoms with E-state index >= 15 is 0 Å². The second-order valence-electron chi connectivity index (χ2n) is 6.02. The lowest BCUT2D eigenvalue weighted by Gasteiger charge is -2.29. The number of rotatable bonds is 5. The van der Waals surface area contributed by atoms with Gasteiger partial charge >= 0.3 is 0 Å². The summed E-state index contributed by atoms with van der Waals surface area (Å²) < 4.78 is 0. The molecule has 5 heteroatoms. The van der Waals surface area contributed by atoms with E-state index in [1.807, 2.05) is 12.1 Å². The molecule has 3 rings (SSSR count). The highest BCUT2D eigenvalue weighted by molar-refractivity contribution is 7.80. The van der Waals surface area contributed by atoms with Crippen LogP contribution in [0, 0.1) is 23.2 Å². The fourth-order valence-electron chi connectivity index (χ4n) is 3.34. The zero-order valence-electron chi connectivity index (χ0n) is 12.5. The predicted molar refractivity (Wildman–Crippen MR) is 89.8 cm³/mol. The summed E-state index contributed by atoms with van der Waals surface area (Å²) in [4.78, 5) is 6.13. The van der Waals surface area contributed by atoms with Crippen LogP contribution in [0.2, 0.25) is 0 Å². The number of hydrogen-bond acceptors (Lipinski definition) is 3. The van der Waals surface area contributed by atoms with Crippen molar-refractivity contribution < 1.29 is 0 Å². The van der Waals surface area contributed by atoms with Gasteiger partial charge in [0.05, 0.1) is 12.5 Å². The molecule has 0 unspecified atom stereocenters. The van der Waals surface area contributed by atoms with Crippen LogP contribution in [0.25, 0.3) is 0 Å². The topological polar surface area (TPSA) is 52.0 Å². The van der Waals surface area contributed by atoms with Crippen molar-refractivity contribution in [3.63, 3.8) is 0 Å². The van der Waals surface area contributed by atoms with E-state index in [-0.39, 0.29) is 0 Å². The number of allylic oxidation sites excluding steroid dienone is 1. The highest BCUT2D eigenvalue weighted by atomic mass is 32.1. The molecule has 1 aromatic heterocycles. The molecular weight excluding hydrogens is 292 g/mol. The number of fused-ring (bicyclic) bond motifs is 2. The van der Waals surface area contributed by atoms with E-state index in [0.717, 1.165) is 16.6 Å². The average Bonchev–Trinajstić information content (AvgIpc) is 3.15. The highest BCUT2D eigenvalue weighted by Crippen LogP contribution is 2.39. The number of nitrogens with zero attached hydrogens (tertiary/aromatic N) is 3.